The second-order valence-corrected chi connectivity index (χ2v) is 9.91. The molecule has 1 unspecified atom stereocenters. The van der Waals surface area contributed by atoms with Gasteiger partial charge in [-0.1, -0.05) is 78.0 Å². The van der Waals surface area contributed by atoms with Crippen LogP contribution in [0.25, 0.3) is 10.9 Å². The van der Waals surface area contributed by atoms with Crippen LogP contribution in [-0.4, -0.2) is 27.9 Å². The van der Waals surface area contributed by atoms with Gasteiger partial charge < -0.3 is 14.6 Å². The molecule has 0 radical (unpaired) electrons. The van der Waals surface area contributed by atoms with Crippen molar-refractivity contribution >= 4 is 50.8 Å². The minimum absolute atomic E-state index is 0.0200. The van der Waals surface area contributed by atoms with Crippen LogP contribution >= 0.6 is 35.6 Å². The van der Waals surface area contributed by atoms with Gasteiger partial charge >= 0.3 is 0 Å². The van der Waals surface area contributed by atoms with Crippen molar-refractivity contribution in [3.63, 3.8) is 0 Å². The van der Waals surface area contributed by atoms with Crippen molar-refractivity contribution in [2.45, 2.75) is 18.2 Å². The number of aromatic amines is 1. The molecule has 1 aliphatic heterocycles. The number of aromatic nitrogens is 1. The molecule has 1 aliphatic rings. The molecular formula is C26H23ClN2OS2. The van der Waals surface area contributed by atoms with Crippen molar-refractivity contribution in [1.29, 1.82) is 0 Å². The minimum atomic E-state index is 0.0200. The molecule has 1 aromatic heterocycles. The van der Waals surface area contributed by atoms with E-state index in [9.17, 15) is 0 Å². The molecule has 0 aliphatic carbocycles. The van der Waals surface area contributed by atoms with Gasteiger partial charge in [0.15, 0.2) is 0 Å². The fourth-order valence-corrected chi connectivity index (χ4v) is 5.78. The van der Waals surface area contributed by atoms with E-state index in [0.29, 0.717) is 0 Å². The first-order valence-electron chi connectivity index (χ1n) is 10.6. The zero-order valence-corrected chi connectivity index (χ0v) is 20.1. The summed E-state index contributed by atoms with van der Waals surface area (Å²) in [5, 5.41) is 1.96. The van der Waals surface area contributed by atoms with Crippen LogP contribution in [0.2, 0.25) is 5.02 Å². The Morgan fingerprint density at radius 3 is 2.66 bits per heavy atom. The molecule has 0 amide bonds. The summed E-state index contributed by atoms with van der Waals surface area (Å²) in [4.78, 5) is 6.03. The van der Waals surface area contributed by atoms with Crippen LogP contribution in [-0.2, 0) is 12.2 Å². The van der Waals surface area contributed by atoms with Crippen molar-refractivity contribution in [3.05, 3.63) is 100 Å². The molecule has 1 atom stereocenters. The summed E-state index contributed by atoms with van der Waals surface area (Å²) < 4.78 is 6.30. The number of hydrogen-bond donors (Lipinski definition) is 1. The average Bonchev–Trinajstić information content (AvgIpc) is 3.20. The van der Waals surface area contributed by atoms with E-state index in [-0.39, 0.29) is 6.04 Å². The first kappa shape index (κ1) is 21.4. The van der Waals surface area contributed by atoms with Gasteiger partial charge in [0.25, 0.3) is 0 Å². The lowest BCUT2D eigenvalue weighted by molar-refractivity contribution is 0.345. The molecule has 3 nitrogen and oxygen atoms in total. The van der Waals surface area contributed by atoms with E-state index in [2.05, 4.69) is 58.4 Å². The third-order valence-corrected chi connectivity index (χ3v) is 7.74. The molecule has 4 aromatic rings. The quantitative estimate of drug-likeness (QED) is 0.320. The van der Waals surface area contributed by atoms with Gasteiger partial charge in [-0.2, -0.15) is 0 Å². The third-order valence-electron chi connectivity index (χ3n) is 5.96. The van der Waals surface area contributed by atoms with Crippen molar-refractivity contribution in [2.24, 2.45) is 0 Å². The molecule has 5 rings (SSSR count). The molecule has 32 heavy (non-hydrogen) atoms. The third kappa shape index (κ3) is 4.13. The normalized spacial score (nSPS) is 15.6. The number of thioether (sulfide) groups is 1. The summed E-state index contributed by atoms with van der Waals surface area (Å²) in [6.07, 6.45) is 0.925. The van der Waals surface area contributed by atoms with Gasteiger partial charge in [0.2, 0.25) is 0 Å². The minimum Gasteiger partial charge on any atom is -0.497 e. The Morgan fingerprint density at radius 1 is 1.12 bits per heavy atom. The number of H-pyrrole nitrogens is 1. The maximum Gasteiger partial charge on any atom is 0.137 e. The number of ether oxygens (including phenoxy) is 1. The lowest BCUT2D eigenvalue weighted by atomic mass is 9.93. The van der Waals surface area contributed by atoms with Gasteiger partial charge in [-0.25, -0.2) is 0 Å². The van der Waals surface area contributed by atoms with Gasteiger partial charge in [0.05, 0.1) is 13.2 Å². The number of halogens is 1. The van der Waals surface area contributed by atoms with Gasteiger partial charge in [-0.05, 0) is 53.4 Å². The summed E-state index contributed by atoms with van der Waals surface area (Å²) in [5.41, 5.74) is 6.10. The van der Waals surface area contributed by atoms with E-state index in [4.69, 9.17) is 28.6 Å². The summed E-state index contributed by atoms with van der Waals surface area (Å²) in [6.45, 7) is 0.865. The monoisotopic (exact) mass is 478 g/mol. The number of methoxy groups -OCH3 is 1. The lowest BCUT2D eigenvalue weighted by Gasteiger charge is -2.37. The van der Waals surface area contributed by atoms with Crippen molar-refractivity contribution in [2.75, 3.05) is 13.7 Å². The number of hydrogen-bond acceptors (Lipinski definition) is 3. The van der Waals surface area contributed by atoms with Gasteiger partial charge in [0.1, 0.15) is 10.1 Å². The number of nitrogens with zero attached hydrogens (tertiary/aromatic N) is 1. The number of nitrogens with one attached hydrogen (secondary N) is 1. The molecule has 0 fully saturated rings. The first-order chi connectivity index (χ1) is 15.6. The Bertz CT molecular complexity index is 1250. The second-order valence-electron chi connectivity index (χ2n) is 7.87. The number of thiocarbonyl (C=S) groups is 1. The maximum atomic E-state index is 6.32. The van der Waals surface area contributed by atoms with Crippen molar-refractivity contribution in [1.82, 2.24) is 9.88 Å². The SMILES string of the molecule is COc1ccc(C2c3[nH]c4ccc(Cl)cc4c3CCN2C(=S)SCc2ccccc2)cc1. The molecule has 1 N–H and O–H groups in total. The maximum absolute atomic E-state index is 6.32. The fraction of sp³-hybridized carbons (Fsp3) is 0.192. The molecule has 0 saturated carbocycles. The number of fused-ring (bicyclic) bond motifs is 3. The zero-order chi connectivity index (χ0) is 22.1. The van der Waals surface area contributed by atoms with E-state index in [1.54, 1.807) is 18.9 Å². The van der Waals surface area contributed by atoms with Gasteiger partial charge in [0, 0.05) is 33.9 Å². The molecule has 2 heterocycles. The molecular weight excluding hydrogens is 456 g/mol. The Hall–Kier alpha value is -2.47. The average molecular weight is 479 g/mol. The summed E-state index contributed by atoms with van der Waals surface area (Å²) in [6, 6.07) is 24.9. The zero-order valence-electron chi connectivity index (χ0n) is 17.7. The number of rotatable bonds is 4. The van der Waals surface area contributed by atoms with Crippen LogP contribution in [0.1, 0.15) is 28.4 Å². The molecule has 3 aromatic carbocycles. The van der Waals surface area contributed by atoms with E-state index < -0.39 is 0 Å². The number of benzene rings is 3. The Balaban J connectivity index is 1.52. The molecule has 162 valence electrons. The topological polar surface area (TPSA) is 28.3 Å². The highest BCUT2D eigenvalue weighted by Gasteiger charge is 2.33. The molecule has 0 saturated heterocycles. The highest BCUT2D eigenvalue weighted by molar-refractivity contribution is 8.22. The van der Waals surface area contributed by atoms with E-state index in [1.807, 2.05) is 24.3 Å². The van der Waals surface area contributed by atoms with Crippen LogP contribution in [0.4, 0.5) is 0 Å². The predicted molar refractivity (Wildman–Crippen MR) is 139 cm³/mol. The van der Waals surface area contributed by atoms with Crippen molar-refractivity contribution < 1.29 is 4.74 Å². The van der Waals surface area contributed by atoms with Crippen LogP contribution in [0, 0.1) is 0 Å². The summed E-state index contributed by atoms with van der Waals surface area (Å²) >= 11 is 14.0. The molecule has 6 heteroatoms. The van der Waals surface area contributed by atoms with Crippen molar-refractivity contribution in [3.8, 4) is 5.75 Å². The smallest absolute Gasteiger partial charge is 0.137 e. The van der Waals surface area contributed by atoms with Crippen LogP contribution in [0.5, 0.6) is 5.75 Å². The Labute approximate surface area is 202 Å². The lowest BCUT2D eigenvalue weighted by Crippen LogP contribution is -2.38. The van der Waals surface area contributed by atoms with Crippen LogP contribution < -0.4 is 4.74 Å². The highest BCUT2D eigenvalue weighted by Crippen LogP contribution is 2.41. The highest BCUT2D eigenvalue weighted by atomic mass is 35.5. The molecule has 0 spiro atoms. The summed E-state index contributed by atoms with van der Waals surface area (Å²) in [7, 11) is 1.69. The Kier molecular flexibility index (Phi) is 6.13. The van der Waals surface area contributed by atoms with Crippen LogP contribution in [0.15, 0.2) is 72.8 Å². The van der Waals surface area contributed by atoms with Gasteiger partial charge in [-0.15, -0.1) is 0 Å². The second kappa shape index (κ2) is 9.18. The van der Waals surface area contributed by atoms with E-state index >= 15 is 0 Å². The van der Waals surface area contributed by atoms with Gasteiger partial charge in [-0.3, -0.25) is 0 Å². The Morgan fingerprint density at radius 2 is 1.91 bits per heavy atom. The van der Waals surface area contributed by atoms with Crippen LogP contribution in [0.3, 0.4) is 0 Å². The fourth-order valence-electron chi connectivity index (χ4n) is 4.39. The predicted octanol–water partition coefficient (Wildman–Crippen LogP) is 7.00. The molecule has 0 bridgehead atoms. The summed E-state index contributed by atoms with van der Waals surface area (Å²) in [5.74, 6) is 1.71. The standard InChI is InChI=1S/C26H23ClN2OS2/c1-30-20-10-7-18(8-11-20)25-24-21(22-15-19(27)9-12-23(22)28-24)13-14-29(25)26(31)32-16-17-5-3-2-4-6-17/h2-12,15,25,28H,13-14,16H2,1H3. The van der Waals surface area contributed by atoms with E-state index in [1.165, 1.54) is 27.8 Å². The first-order valence-corrected chi connectivity index (χ1v) is 12.3. The largest absolute Gasteiger partial charge is 0.497 e. The van der Waals surface area contributed by atoms with E-state index in [0.717, 1.165) is 39.3 Å².